The van der Waals surface area contributed by atoms with E-state index in [1.807, 2.05) is 146 Å². The zero-order valence-electron chi connectivity index (χ0n) is 46.1. The van der Waals surface area contributed by atoms with Crippen LogP contribution < -0.4 is 16.0 Å². The van der Waals surface area contributed by atoms with Gasteiger partial charge < -0.3 is 20.7 Å². The zero-order valence-corrected chi connectivity index (χ0v) is 80.2. The van der Waals surface area contributed by atoms with E-state index < -0.39 is 0 Å². The summed E-state index contributed by atoms with van der Waals surface area (Å²) in [5, 5.41) is 8.44. The number of ether oxygens (including phenoxy) is 1. The summed E-state index contributed by atoms with van der Waals surface area (Å²) >= 11 is 18.4. The van der Waals surface area contributed by atoms with Crippen LogP contribution in [0.25, 0.3) is 0 Å². The van der Waals surface area contributed by atoms with Crippen LogP contribution in [0.15, 0.2) is 0 Å². The quantitative estimate of drug-likeness (QED) is 0.187. The van der Waals surface area contributed by atoms with E-state index >= 15 is 0 Å². The van der Waals surface area contributed by atoms with Crippen LogP contribution in [0.1, 0.15) is 129 Å². The summed E-state index contributed by atoms with van der Waals surface area (Å²) in [5.74, 6) is 4.58. The molecule has 0 bridgehead atoms. The molecule has 0 aromatic rings. The van der Waals surface area contributed by atoms with E-state index in [0.717, 1.165) is 25.8 Å². The molecule has 0 spiro atoms. The Bertz CT molecular complexity index is 3080. The third-order valence-electron chi connectivity index (χ3n) is 11.6. The minimum atomic E-state index is -0.360. The first kappa shape index (κ1) is 93.2. The van der Waals surface area contributed by atoms with E-state index in [9.17, 15) is 19.2 Å². The minimum absolute atomic E-state index is 0.0115. The summed E-state index contributed by atoms with van der Waals surface area (Å²) in [6, 6.07) is 0. The zero-order chi connectivity index (χ0) is 61.6. The third-order valence-corrected chi connectivity index (χ3v) is 78.8. The molecule has 2 fully saturated rings. The van der Waals surface area contributed by atoms with Crippen molar-refractivity contribution in [2.45, 2.75) is 129 Å². The number of rotatable bonds is 11. The van der Waals surface area contributed by atoms with Crippen LogP contribution in [0.5, 0.6) is 0 Å². The van der Waals surface area contributed by atoms with Crippen molar-refractivity contribution in [1.82, 2.24) is 16.0 Å². The van der Waals surface area contributed by atoms with Crippen molar-refractivity contribution in [1.29, 1.82) is 0 Å². The molecule has 0 saturated heterocycles. The molecule has 2 aliphatic rings. The maximum atomic E-state index is 12.2. The van der Waals surface area contributed by atoms with Crippen molar-refractivity contribution in [2.75, 3.05) is 26.7 Å². The van der Waals surface area contributed by atoms with Crippen molar-refractivity contribution in [3.8, 4) is 0 Å². The molecule has 3 N–H and O–H groups in total. The summed E-state index contributed by atoms with van der Waals surface area (Å²) in [6.07, 6.45) is 6.83. The standard InChI is InChI=1S/C15H27NO3.C13H25NO.C10H21NO.S23.S5.S3.3W/c1-5-19-14(17)9-16-15(18)13-8-11(4)6-7-12(13)10(2)3;1-5-14-13(15)12-8-10(4)6-7-11(12)9(2)3;1-7(2)10(5,8(3)4)9(12)11-6;1-3-5-7-9-11-13-15-17-19-21-23-22-20-18-16-14-12-10-8-6-4-2;1-3-5-4-2;1-3-2;;;/h10-13H,5-9H2,1-4H3,(H,16,18);9-12H,5-8H2,1-4H3,(H,14,15);7-8H,1-6H3,(H,11,12);;;;;;/t11-,12+,13-;10-,11+,12-;;;;;;;/m11......./s1. The Kier molecular flexibility index (Phi) is 78.3. The van der Waals surface area contributed by atoms with E-state index in [-0.39, 0.29) is 47.5 Å². The van der Waals surface area contributed by atoms with Gasteiger partial charge in [-0.15, -0.1) is 0 Å². The Balaban J connectivity index is -0.000000464. The van der Waals surface area contributed by atoms with E-state index in [4.69, 9.17) is 15.9 Å². The fourth-order valence-corrected chi connectivity index (χ4v) is 77.4. The fourth-order valence-electron chi connectivity index (χ4n) is 7.53. The molecule has 0 aromatic heterocycles. The molecule has 80 heavy (non-hydrogen) atoms. The molecule has 0 aromatic carbocycles. The molecule has 3 amide bonds. The predicted molar refractivity (Wildman–Crippen MR) is 418 cm³/mol. The monoisotopic (exact) mass is 2190 g/mol. The van der Waals surface area contributed by atoms with Gasteiger partial charge in [0.05, 0.1) is 12.0 Å². The summed E-state index contributed by atoms with van der Waals surface area (Å²) < 4.78 is 4.82. The molecule has 474 valence electrons. The summed E-state index contributed by atoms with van der Waals surface area (Å²) in [5.41, 5.74) is -0.241. The normalized spacial score (nSPS) is 17.2. The molecule has 6 atom stereocenters. The van der Waals surface area contributed by atoms with Gasteiger partial charge in [0.15, 0.2) is 0 Å². The van der Waals surface area contributed by atoms with Crippen LogP contribution in [0.3, 0.4) is 0 Å². The second kappa shape index (κ2) is 67.2. The topological polar surface area (TPSA) is 114 Å². The third kappa shape index (κ3) is 54.2. The average molecular weight is 2200 g/mol. The van der Waals surface area contributed by atoms with Crippen LogP contribution in [0.2, 0.25) is 0 Å². The molecule has 42 heteroatoms. The van der Waals surface area contributed by atoms with Gasteiger partial charge in [-0.05, 0) is 86.9 Å². The Morgan fingerprint density at radius 2 is 0.825 bits per heavy atom. The van der Waals surface area contributed by atoms with Crippen molar-refractivity contribution in [3.63, 3.8) is 0 Å². The van der Waals surface area contributed by atoms with Crippen LogP contribution in [0, 0.1) is 64.6 Å². The first-order valence-electron chi connectivity index (χ1n) is 23.5. The van der Waals surface area contributed by atoms with E-state index in [1.165, 1.54) is 81.9 Å². The molecule has 2 rings (SSSR count). The average Bonchev–Trinajstić information content (AvgIpc) is 3.43. The first-order chi connectivity index (χ1) is 38.1. The van der Waals surface area contributed by atoms with Crippen molar-refractivity contribution >= 4 is 302 Å². The van der Waals surface area contributed by atoms with Crippen molar-refractivity contribution in [2.24, 2.45) is 64.6 Å². The number of carbonyl (C=O) groups excluding carboxylic acids is 4. The molecule has 0 heterocycles. The van der Waals surface area contributed by atoms with Gasteiger partial charge in [0.2, 0.25) is 17.7 Å². The number of hydrogen-bond acceptors (Lipinski definition) is 8. The van der Waals surface area contributed by atoms with Gasteiger partial charge in [-0.25, -0.2) is 0 Å². The molecule has 0 unspecified atom stereocenters. The van der Waals surface area contributed by atoms with Crippen molar-refractivity contribution in [3.05, 3.63) is 0 Å². The summed E-state index contributed by atoms with van der Waals surface area (Å²) in [6.45, 7) is 28.5. The molecular formula is C38H73N3O5S31W3. The number of hydrogen-bond donors (Lipinski definition) is 3. The second-order valence-electron chi connectivity index (χ2n) is 17.4. The van der Waals surface area contributed by atoms with Gasteiger partial charge in [0.25, 0.3) is 0 Å². The van der Waals surface area contributed by atoms with Crippen LogP contribution >= 0.6 is 0 Å². The number of esters is 1. The molecule has 2 aliphatic carbocycles. The van der Waals surface area contributed by atoms with E-state index in [0.29, 0.717) is 54.0 Å². The molecule has 2 saturated carbocycles. The van der Waals surface area contributed by atoms with Crippen LogP contribution in [0.4, 0.5) is 0 Å². The summed E-state index contributed by atoms with van der Waals surface area (Å²) in [7, 11) is 50.7. The van der Waals surface area contributed by atoms with Crippen molar-refractivity contribution < 1.29 is 77.9 Å². The van der Waals surface area contributed by atoms with Gasteiger partial charge >= 0.3 is 238 Å². The molecular weight excluding hydrogens is 2120 g/mol. The fraction of sp³-hybridized carbons (Fsp3) is 0.895. The molecule has 8 nitrogen and oxygen atoms in total. The Morgan fingerprint density at radius 3 is 1.07 bits per heavy atom. The Morgan fingerprint density at radius 1 is 0.512 bits per heavy atom. The van der Waals surface area contributed by atoms with Gasteiger partial charge in [-0.1, -0.05) is 89.0 Å². The van der Waals surface area contributed by atoms with E-state index in [1.54, 1.807) is 118 Å². The molecule has 0 aliphatic heterocycles. The molecule has 0 radical (unpaired) electrons. The van der Waals surface area contributed by atoms with Crippen LogP contribution in [-0.4, -0.2) is 50.4 Å². The Labute approximate surface area is 603 Å². The number of carbonyl (C=O) groups is 4. The first-order valence-corrected chi connectivity index (χ1v) is 72.6. The van der Waals surface area contributed by atoms with Gasteiger partial charge in [-0.2, -0.15) is 0 Å². The van der Waals surface area contributed by atoms with Crippen LogP contribution in [-0.2, 0) is 356 Å². The second-order valence-corrected chi connectivity index (χ2v) is 76.4. The van der Waals surface area contributed by atoms with Gasteiger partial charge in [0.1, 0.15) is 6.54 Å². The van der Waals surface area contributed by atoms with E-state index in [2.05, 4.69) is 108 Å². The SMILES string of the molecule is CCNC(=O)[C@@H]1C[C@H](C)CC[C@H]1C(C)C.CCOC(=O)CNC(=O)[C@@H]1C[C@H](C)CC[C@H]1C(C)C.CNC(=O)C(C)(C(C)C)C(C)C.S=S=S=S=S=S=S=S=S=S=S=S=S=S=S=S=S=S=S=S=S=S=[S]=[W].S=S=S=S=[S]=[W].S=S=[S]=[W]. The summed E-state index contributed by atoms with van der Waals surface area (Å²) in [4.78, 5) is 47.1. The van der Waals surface area contributed by atoms with Gasteiger partial charge in [-0.3, -0.25) is 19.2 Å². The number of nitrogens with one attached hydrogen (secondary N) is 3. The predicted octanol–water partition coefficient (Wildman–Crippen LogP) is 7.17. The maximum absolute atomic E-state index is 12.2. The Hall–Kier alpha value is 6.76. The van der Waals surface area contributed by atoms with Gasteiger partial charge in [0, 0.05) is 125 Å². The number of amides is 3.